The van der Waals surface area contributed by atoms with Crippen molar-refractivity contribution in [2.45, 2.75) is 4.90 Å². The van der Waals surface area contributed by atoms with Gasteiger partial charge in [0.15, 0.2) is 0 Å². The lowest BCUT2D eigenvalue weighted by Gasteiger charge is -2.21. The Kier molecular flexibility index (Phi) is 5.24. The number of anilines is 1. The van der Waals surface area contributed by atoms with Crippen molar-refractivity contribution in [3.8, 4) is 5.40 Å². The molecule has 0 spiro atoms. The minimum Gasteiger partial charge on any atom is -0.364 e. The summed E-state index contributed by atoms with van der Waals surface area (Å²) in [5.41, 5.74) is 1.11. The number of hydrogen-bond donors (Lipinski definition) is 0. The van der Waals surface area contributed by atoms with Gasteiger partial charge in [0, 0.05) is 23.7 Å². The third-order valence-electron chi connectivity index (χ3n) is 2.06. The van der Waals surface area contributed by atoms with Gasteiger partial charge >= 0.3 is 0 Å². The first-order chi connectivity index (χ1) is 7.81. The summed E-state index contributed by atoms with van der Waals surface area (Å²) in [5.74, 6) is 0. The monoisotopic (exact) mass is 230 g/mol. The smallest absolute Gasteiger partial charge is 0.138 e. The van der Waals surface area contributed by atoms with Gasteiger partial charge in [-0.25, -0.2) is 0 Å². The molecular weight excluding hydrogens is 216 g/mol. The minimum atomic E-state index is 0.788. The normalized spacial score (nSPS) is 9.19. The third kappa shape index (κ3) is 3.48. The lowest BCUT2D eigenvalue weighted by Crippen LogP contribution is -2.22. The summed E-state index contributed by atoms with van der Waals surface area (Å²) in [5, 5.41) is 10.6. The summed E-state index contributed by atoms with van der Waals surface area (Å²) in [4.78, 5) is 3.12. The first kappa shape index (κ1) is 12.4. The number of thioether (sulfide) groups is 1. The largest absolute Gasteiger partial charge is 0.364 e. The molecule has 0 heterocycles. The van der Waals surface area contributed by atoms with Crippen LogP contribution in [0.5, 0.6) is 0 Å². The van der Waals surface area contributed by atoms with Gasteiger partial charge in [-0.15, -0.1) is 13.2 Å². The highest BCUT2D eigenvalue weighted by molar-refractivity contribution is 8.03. The molecule has 0 amide bonds. The van der Waals surface area contributed by atoms with Gasteiger partial charge in [-0.2, -0.15) is 5.26 Å². The number of nitriles is 1. The van der Waals surface area contributed by atoms with E-state index in [-0.39, 0.29) is 0 Å². The van der Waals surface area contributed by atoms with Crippen molar-refractivity contribution in [3.05, 3.63) is 49.6 Å². The molecule has 0 aliphatic rings. The van der Waals surface area contributed by atoms with E-state index in [1.807, 2.05) is 36.4 Å². The van der Waals surface area contributed by atoms with Crippen LogP contribution in [-0.4, -0.2) is 13.1 Å². The lowest BCUT2D eigenvalue weighted by molar-refractivity contribution is 0.955. The molecule has 0 bridgehead atoms. The maximum Gasteiger partial charge on any atom is 0.138 e. The molecule has 1 aromatic carbocycles. The van der Waals surface area contributed by atoms with Crippen LogP contribution in [-0.2, 0) is 0 Å². The summed E-state index contributed by atoms with van der Waals surface area (Å²) >= 11 is 1.17. The molecule has 0 aliphatic carbocycles. The Morgan fingerprint density at radius 3 is 2.19 bits per heavy atom. The zero-order chi connectivity index (χ0) is 11.8. The van der Waals surface area contributed by atoms with E-state index in [4.69, 9.17) is 5.26 Å². The van der Waals surface area contributed by atoms with Crippen LogP contribution in [0.3, 0.4) is 0 Å². The van der Waals surface area contributed by atoms with Crippen LogP contribution in [0.15, 0.2) is 54.5 Å². The molecule has 0 N–H and O–H groups in total. The Labute approximate surface area is 101 Å². The zero-order valence-electron chi connectivity index (χ0n) is 9.10. The van der Waals surface area contributed by atoms with Gasteiger partial charge in [0.2, 0.25) is 0 Å². The topological polar surface area (TPSA) is 27.0 Å². The van der Waals surface area contributed by atoms with Gasteiger partial charge in [0.1, 0.15) is 5.40 Å². The third-order valence-corrected chi connectivity index (χ3v) is 2.66. The predicted molar refractivity (Wildman–Crippen MR) is 70.5 cm³/mol. The van der Waals surface area contributed by atoms with Crippen molar-refractivity contribution in [1.82, 2.24) is 0 Å². The van der Waals surface area contributed by atoms with Crippen molar-refractivity contribution < 1.29 is 0 Å². The fourth-order valence-electron chi connectivity index (χ4n) is 1.37. The van der Waals surface area contributed by atoms with Crippen molar-refractivity contribution in [2.24, 2.45) is 0 Å². The molecule has 0 aromatic heterocycles. The summed E-state index contributed by atoms with van der Waals surface area (Å²) in [6, 6.07) is 7.91. The van der Waals surface area contributed by atoms with Crippen LogP contribution < -0.4 is 4.90 Å². The van der Waals surface area contributed by atoms with Gasteiger partial charge in [0.05, 0.1) is 0 Å². The molecule has 1 aromatic rings. The highest BCUT2D eigenvalue weighted by atomic mass is 32.2. The zero-order valence-corrected chi connectivity index (χ0v) is 9.91. The second-order valence-corrected chi connectivity index (χ2v) is 4.03. The number of benzene rings is 1. The van der Waals surface area contributed by atoms with Crippen molar-refractivity contribution in [1.29, 1.82) is 5.26 Å². The fraction of sp³-hybridized carbons (Fsp3) is 0.154. The Morgan fingerprint density at radius 1 is 1.19 bits per heavy atom. The van der Waals surface area contributed by atoms with E-state index in [0.29, 0.717) is 0 Å². The first-order valence-electron chi connectivity index (χ1n) is 4.94. The molecule has 16 heavy (non-hydrogen) atoms. The molecule has 0 saturated heterocycles. The second-order valence-electron chi connectivity index (χ2n) is 3.17. The molecular formula is C13H14N2S. The van der Waals surface area contributed by atoms with E-state index in [1.54, 1.807) is 0 Å². The Hall–Kier alpha value is -1.66. The van der Waals surface area contributed by atoms with E-state index in [1.165, 1.54) is 11.8 Å². The van der Waals surface area contributed by atoms with E-state index in [9.17, 15) is 0 Å². The van der Waals surface area contributed by atoms with Crippen LogP contribution in [0.1, 0.15) is 0 Å². The molecule has 0 saturated carbocycles. The Morgan fingerprint density at radius 2 is 1.75 bits per heavy atom. The summed E-state index contributed by atoms with van der Waals surface area (Å²) in [6.07, 6.45) is 3.73. The molecule has 3 heteroatoms. The molecule has 0 fully saturated rings. The van der Waals surface area contributed by atoms with Crippen LogP contribution >= 0.6 is 11.8 Å². The molecule has 0 radical (unpaired) electrons. The summed E-state index contributed by atoms with van der Waals surface area (Å²) < 4.78 is 0. The molecule has 1 rings (SSSR count). The van der Waals surface area contributed by atoms with Crippen LogP contribution in [0, 0.1) is 10.7 Å². The van der Waals surface area contributed by atoms with Crippen LogP contribution in [0.2, 0.25) is 0 Å². The predicted octanol–water partition coefficient (Wildman–Crippen LogP) is 3.44. The maximum atomic E-state index is 8.54. The van der Waals surface area contributed by atoms with Crippen LogP contribution in [0.4, 0.5) is 5.69 Å². The van der Waals surface area contributed by atoms with Crippen molar-refractivity contribution in [2.75, 3.05) is 18.0 Å². The number of rotatable bonds is 6. The van der Waals surface area contributed by atoms with Gasteiger partial charge in [-0.1, -0.05) is 12.2 Å². The van der Waals surface area contributed by atoms with Gasteiger partial charge in [-0.3, -0.25) is 0 Å². The van der Waals surface area contributed by atoms with Crippen molar-refractivity contribution in [3.63, 3.8) is 0 Å². The van der Waals surface area contributed by atoms with Gasteiger partial charge < -0.3 is 4.90 Å². The van der Waals surface area contributed by atoms with E-state index >= 15 is 0 Å². The van der Waals surface area contributed by atoms with Crippen LogP contribution in [0.25, 0.3) is 0 Å². The lowest BCUT2D eigenvalue weighted by atomic mass is 10.3. The summed E-state index contributed by atoms with van der Waals surface area (Å²) in [6.45, 7) is 9.04. The maximum absolute atomic E-state index is 8.54. The molecule has 0 atom stereocenters. The average molecular weight is 230 g/mol. The quantitative estimate of drug-likeness (QED) is 0.425. The Balaban J connectivity index is 2.80. The second kappa shape index (κ2) is 6.76. The Bertz CT molecular complexity index is 379. The molecule has 82 valence electrons. The van der Waals surface area contributed by atoms with E-state index in [2.05, 4.69) is 23.5 Å². The first-order valence-corrected chi connectivity index (χ1v) is 5.76. The number of thiocyanates is 1. The average Bonchev–Trinajstić information content (AvgIpc) is 2.30. The molecule has 0 aliphatic heterocycles. The summed E-state index contributed by atoms with van der Waals surface area (Å²) in [7, 11) is 0. The highest BCUT2D eigenvalue weighted by Gasteiger charge is 2.02. The molecule has 2 nitrogen and oxygen atoms in total. The fourth-order valence-corrected chi connectivity index (χ4v) is 1.75. The highest BCUT2D eigenvalue weighted by Crippen LogP contribution is 2.21. The SMILES string of the molecule is C=CCN(CC=C)c1ccc(SC#N)cc1. The standard InChI is InChI=1S/C13H14N2S/c1-3-9-15(10-4-2)12-5-7-13(8-6-12)16-11-14/h3-8H,1-2,9-10H2. The minimum absolute atomic E-state index is 0.788. The van der Waals surface area contributed by atoms with Crippen molar-refractivity contribution >= 4 is 17.4 Å². The van der Waals surface area contributed by atoms with E-state index in [0.717, 1.165) is 23.7 Å². The van der Waals surface area contributed by atoms with Gasteiger partial charge in [-0.05, 0) is 36.0 Å². The molecule has 0 unspecified atom stereocenters. The number of nitrogens with zero attached hydrogens (tertiary/aromatic N) is 2. The van der Waals surface area contributed by atoms with Gasteiger partial charge in [0.25, 0.3) is 0 Å². The van der Waals surface area contributed by atoms with E-state index < -0.39 is 0 Å². The number of hydrogen-bond acceptors (Lipinski definition) is 3.